The van der Waals surface area contributed by atoms with Crippen molar-refractivity contribution in [2.45, 2.75) is 6.54 Å². The lowest BCUT2D eigenvalue weighted by molar-refractivity contribution is -0.139. The molecule has 0 fully saturated rings. The number of hydrogen-bond donors (Lipinski definition) is 2. The van der Waals surface area contributed by atoms with Crippen LogP contribution in [0.25, 0.3) is 0 Å². The highest BCUT2D eigenvalue weighted by Crippen LogP contribution is 1.93. The van der Waals surface area contributed by atoms with Gasteiger partial charge in [-0.25, -0.2) is 0 Å². The zero-order valence-electron chi connectivity index (χ0n) is 7.12. The van der Waals surface area contributed by atoms with Gasteiger partial charge in [-0.05, 0) is 0 Å². The molecule has 5 nitrogen and oxygen atoms in total. The summed E-state index contributed by atoms with van der Waals surface area (Å²) < 4.78 is 4.42. The first-order valence-corrected chi connectivity index (χ1v) is 4.54. The Morgan fingerprint density at radius 2 is 2.54 bits per heavy atom. The molecule has 1 rings (SSSR count). The van der Waals surface area contributed by atoms with Crippen LogP contribution in [-0.2, 0) is 16.1 Å². The number of ether oxygens (including phenoxy) is 1. The minimum absolute atomic E-state index is 0.0881. The predicted molar refractivity (Wildman–Crippen MR) is 48.7 cm³/mol. The Balaban J connectivity index is 2.28. The summed E-state index contributed by atoms with van der Waals surface area (Å²) in [4.78, 5) is 23.9. The van der Waals surface area contributed by atoms with E-state index in [0.29, 0.717) is 6.54 Å². The Hall–Kier alpha value is -1.14. The van der Waals surface area contributed by atoms with Crippen molar-refractivity contribution in [1.82, 2.24) is 10.3 Å². The summed E-state index contributed by atoms with van der Waals surface area (Å²) in [6.45, 7) is 0.613. The quantitative estimate of drug-likeness (QED) is 0.657. The molecule has 0 radical (unpaired) electrons. The summed E-state index contributed by atoms with van der Waals surface area (Å²) in [7, 11) is 1.33. The summed E-state index contributed by atoms with van der Waals surface area (Å²) in [6.07, 6.45) is 0. The van der Waals surface area contributed by atoms with Crippen LogP contribution in [0.15, 0.2) is 10.2 Å². The van der Waals surface area contributed by atoms with Crippen LogP contribution < -0.4 is 10.2 Å². The SMILES string of the molecule is COC(=O)CNCc1csc(=O)[nH]1. The average molecular weight is 202 g/mol. The van der Waals surface area contributed by atoms with Crippen molar-refractivity contribution in [3.8, 4) is 0 Å². The second-order valence-corrected chi connectivity index (χ2v) is 3.20. The van der Waals surface area contributed by atoms with Gasteiger partial charge in [-0.1, -0.05) is 11.3 Å². The van der Waals surface area contributed by atoms with E-state index in [4.69, 9.17) is 0 Å². The monoisotopic (exact) mass is 202 g/mol. The minimum Gasteiger partial charge on any atom is -0.468 e. The van der Waals surface area contributed by atoms with Gasteiger partial charge >= 0.3 is 10.8 Å². The van der Waals surface area contributed by atoms with Crippen LogP contribution in [-0.4, -0.2) is 24.6 Å². The third kappa shape index (κ3) is 3.39. The number of nitrogens with one attached hydrogen (secondary N) is 2. The normalized spacial score (nSPS) is 9.92. The summed E-state index contributed by atoms with van der Waals surface area (Å²) in [6, 6.07) is 0. The van der Waals surface area contributed by atoms with Gasteiger partial charge in [-0.2, -0.15) is 0 Å². The Morgan fingerprint density at radius 1 is 1.77 bits per heavy atom. The molecule has 13 heavy (non-hydrogen) atoms. The van der Waals surface area contributed by atoms with Crippen molar-refractivity contribution in [1.29, 1.82) is 0 Å². The molecule has 0 amide bonds. The number of carbonyl (C=O) groups is 1. The smallest absolute Gasteiger partial charge is 0.319 e. The lowest BCUT2D eigenvalue weighted by Crippen LogP contribution is -2.23. The molecule has 0 unspecified atom stereocenters. The Labute approximate surface area is 78.7 Å². The zero-order valence-corrected chi connectivity index (χ0v) is 7.94. The molecule has 0 aliphatic rings. The number of aromatic nitrogens is 1. The van der Waals surface area contributed by atoms with Crippen molar-refractivity contribution < 1.29 is 9.53 Å². The van der Waals surface area contributed by atoms with Gasteiger partial charge in [0.2, 0.25) is 0 Å². The summed E-state index contributed by atoms with van der Waals surface area (Å²) in [5.41, 5.74) is 0.777. The van der Waals surface area contributed by atoms with Crippen LogP contribution in [0.1, 0.15) is 5.69 Å². The summed E-state index contributed by atoms with van der Waals surface area (Å²) in [5, 5.41) is 4.54. The third-order valence-corrected chi connectivity index (χ3v) is 2.10. The van der Waals surface area contributed by atoms with Crippen LogP contribution in [0, 0.1) is 0 Å². The molecule has 0 aliphatic heterocycles. The molecule has 0 aliphatic carbocycles. The molecule has 0 aromatic carbocycles. The molecular weight excluding hydrogens is 192 g/mol. The maximum atomic E-state index is 10.7. The largest absolute Gasteiger partial charge is 0.468 e. The second kappa shape index (κ2) is 4.78. The van der Waals surface area contributed by atoms with Gasteiger partial charge < -0.3 is 15.0 Å². The highest BCUT2D eigenvalue weighted by molar-refractivity contribution is 7.07. The number of aromatic amines is 1. The predicted octanol–water partition coefficient (Wildman–Crippen LogP) is -0.301. The van der Waals surface area contributed by atoms with Gasteiger partial charge in [0.25, 0.3) is 0 Å². The number of esters is 1. The van der Waals surface area contributed by atoms with Crippen LogP contribution in [0.2, 0.25) is 0 Å². The maximum absolute atomic E-state index is 10.7. The van der Waals surface area contributed by atoms with Gasteiger partial charge in [0, 0.05) is 17.6 Å². The minimum atomic E-state index is -0.322. The first-order valence-electron chi connectivity index (χ1n) is 3.66. The van der Waals surface area contributed by atoms with Gasteiger partial charge in [-0.15, -0.1) is 0 Å². The van der Waals surface area contributed by atoms with Gasteiger partial charge in [-0.3, -0.25) is 9.59 Å². The standard InChI is InChI=1S/C7H10N2O3S/c1-12-6(10)3-8-2-5-4-13-7(11)9-5/h4,8H,2-3H2,1H3,(H,9,11). The van der Waals surface area contributed by atoms with E-state index >= 15 is 0 Å². The molecule has 1 aromatic heterocycles. The van der Waals surface area contributed by atoms with Gasteiger partial charge in [0.1, 0.15) is 0 Å². The fourth-order valence-corrected chi connectivity index (χ4v) is 1.35. The Bertz CT molecular complexity index is 330. The number of thiazole rings is 1. The lowest BCUT2D eigenvalue weighted by Gasteiger charge is -2.00. The van der Waals surface area contributed by atoms with Crippen molar-refractivity contribution in [2.75, 3.05) is 13.7 Å². The highest BCUT2D eigenvalue weighted by atomic mass is 32.1. The van der Waals surface area contributed by atoms with E-state index < -0.39 is 0 Å². The molecule has 6 heteroatoms. The maximum Gasteiger partial charge on any atom is 0.319 e. The highest BCUT2D eigenvalue weighted by Gasteiger charge is 1.99. The zero-order chi connectivity index (χ0) is 9.68. The number of rotatable bonds is 4. The van der Waals surface area contributed by atoms with E-state index in [1.54, 1.807) is 5.38 Å². The van der Waals surface area contributed by atoms with Crippen molar-refractivity contribution >= 4 is 17.3 Å². The molecule has 2 N–H and O–H groups in total. The van der Waals surface area contributed by atoms with Crippen molar-refractivity contribution in [3.05, 3.63) is 20.7 Å². The molecule has 0 saturated heterocycles. The molecule has 0 bridgehead atoms. The van der Waals surface area contributed by atoms with E-state index in [1.165, 1.54) is 7.11 Å². The van der Waals surface area contributed by atoms with E-state index in [1.807, 2.05) is 0 Å². The van der Waals surface area contributed by atoms with E-state index in [-0.39, 0.29) is 17.4 Å². The van der Waals surface area contributed by atoms with E-state index in [0.717, 1.165) is 17.0 Å². The molecule has 0 atom stereocenters. The van der Waals surface area contributed by atoms with Crippen LogP contribution >= 0.6 is 11.3 Å². The first kappa shape index (κ1) is 9.94. The molecular formula is C7H10N2O3S. The third-order valence-electron chi connectivity index (χ3n) is 1.38. The Kier molecular flexibility index (Phi) is 3.66. The van der Waals surface area contributed by atoms with Crippen molar-refractivity contribution in [3.63, 3.8) is 0 Å². The molecule has 0 spiro atoms. The lowest BCUT2D eigenvalue weighted by atomic mass is 10.5. The molecule has 72 valence electrons. The topological polar surface area (TPSA) is 71.2 Å². The average Bonchev–Trinajstić information content (AvgIpc) is 2.51. The number of methoxy groups -OCH3 is 1. The molecule has 1 aromatic rings. The van der Waals surface area contributed by atoms with E-state index in [2.05, 4.69) is 15.0 Å². The van der Waals surface area contributed by atoms with Crippen LogP contribution in [0.4, 0.5) is 0 Å². The first-order chi connectivity index (χ1) is 6.22. The summed E-state index contributed by atoms with van der Waals surface area (Å²) in [5.74, 6) is -0.322. The number of H-pyrrole nitrogens is 1. The van der Waals surface area contributed by atoms with Crippen molar-refractivity contribution in [2.24, 2.45) is 0 Å². The fourth-order valence-electron chi connectivity index (χ4n) is 0.772. The second-order valence-electron chi connectivity index (χ2n) is 2.35. The molecule has 0 saturated carbocycles. The van der Waals surface area contributed by atoms with Gasteiger partial charge in [0.15, 0.2) is 0 Å². The van der Waals surface area contributed by atoms with Crippen LogP contribution in [0.3, 0.4) is 0 Å². The van der Waals surface area contributed by atoms with Crippen LogP contribution in [0.5, 0.6) is 0 Å². The number of carbonyl (C=O) groups excluding carboxylic acids is 1. The summed E-state index contributed by atoms with van der Waals surface area (Å²) >= 11 is 1.10. The van der Waals surface area contributed by atoms with Gasteiger partial charge in [0.05, 0.1) is 13.7 Å². The fraction of sp³-hybridized carbons (Fsp3) is 0.429. The number of hydrogen-bond acceptors (Lipinski definition) is 5. The van der Waals surface area contributed by atoms with E-state index in [9.17, 15) is 9.59 Å². The Morgan fingerprint density at radius 3 is 3.08 bits per heavy atom. The molecule has 1 heterocycles.